The van der Waals surface area contributed by atoms with Crippen LogP contribution in [0.4, 0.5) is 5.69 Å². The maximum absolute atomic E-state index is 11.6. The number of unbranched alkanes of at least 4 members (excludes halogenated alkanes) is 1. The van der Waals surface area contributed by atoms with E-state index in [4.69, 9.17) is 5.21 Å². The number of benzene rings is 1. The van der Waals surface area contributed by atoms with Crippen molar-refractivity contribution in [2.24, 2.45) is 0 Å². The Bertz CT molecular complexity index is 537. The van der Waals surface area contributed by atoms with E-state index in [1.807, 2.05) is 0 Å². The number of nitro groups is 1. The maximum atomic E-state index is 11.6. The number of hydrogen-bond acceptors (Lipinski definition) is 5. The Labute approximate surface area is 121 Å². The fourth-order valence-corrected chi connectivity index (χ4v) is 1.62. The van der Waals surface area contributed by atoms with E-state index in [1.54, 1.807) is 18.2 Å². The van der Waals surface area contributed by atoms with Crippen LogP contribution in [0.15, 0.2) is 30.3 Å². The molecule has 2 N–H and O–H groups in total. The highest BCUT2D eigenvalue weighted by Gasteiger charge is 2.03. The fourth-order valence-electron chi connectivity index (χ4n) is 1.62. The number of non-ortho nitro benzene ring substituents is 1. The zero-order chi connectivity index (χ0) is 15.7. The smallest absolute Gasteiger partial charge is 0.269 e. The van der Waals surface area contributed by atoms with Gasteiger partial charge in [-0.2, -0.15) is 0 Å². The van der Waals surface area contributed by atoms with Gasteiger partial charge < -0.3 is 0 Å². The molecule has 0 aliphatic heterocycles. The molecular weight excluding hydrogens is 276 g/mol. The zero-order valence-corrected chi connectivity index (χ0v) is 11.3. The molecule has 112 valence electrons. The van der Waals surface area contributed by atoms with Crippen LogP contribution in [0.3, 0.4) is 0 Å². The minimum absolute atomic E-state index is 0.000589. The largest absolute Gasteiger partial charge is 0.295 e. The van der Waals surface area contributed by atoms with Gasteiger partial charge in [-0.25, -0.2) is 5.48 Å². The first-order valence-electron chi connectivity index (χ1n) is 6.41. The van der Waals surface area contributed by atoms with E-state index >= 15 is 0 Å². The topological polar surface area (TPSA) is 110 Å². The van der Waals surface area contributed by atoms with Gasteiger partial charge >= 0.3 is 0 Å². The first-order valence-corrected chi connectivity index (χ1v) is 6.41. The van der Waals surface area contributed by atoms with Gasteiger partial charge in [-0.15, -0.1) is 0 Å². The summed E-state index contributed by atoms with van der Waals surface area (Å²) in [7, 11) is 0. The highest BCUT2D eigenvalue weighted by atomic mass is 16.6. The van der Waals surface area contributed by atoms with Crippen molar-refractivity contribution in [2.45, 2.75) is 25.7 Å². The van der Waals surface area contributed by atoms with Gasteiger partial charge in [0.1, 0.15) is 0 Å². The van der Waals surface area contributed by atoms with Crippen molar-refractivity contribution in [3.05, 3.63) is 46.0 Å². The molecule has 1 rings (SSSR count). The van der Waals surface area contributed by atoms with Crippen molar-refractivity contribution >= 4 is 23.5 Å². The molecular formula is C14H16N2O5. The number of allylic oxidation sites excluding steroid dienone is 1. The van der Waals surface area contributed by atoms with Crippen molar-refractivity contribution in [2.75, 3.05) is 0 Å². The van der Waals surface area contributed by atoms with Crippen LogP contribution >= 0.6 is 0 Å². The molecule has 7 heteroatoms. The molecule has 21 heavy (non-hydrogen) atoms. The Balaban J connectivity index is 2.36. The molecule has 0 fully saturated rings. The Hall–Kier alpha value is -2.54. The van der Waals surface area contributed by atoms with E-state index < -0.39 is 10.8 Å². The first kappa shape index (κ1) is 16.5. The van der Waals surface area contributed by atoms with Crippen LogP contribution in [0.2, 0.25) is 0 Å². The van der Waals surface area contributed by atoms with E-state index in [0.29, 0.717) is 24.8 Å². The molecule has 7 nitrogen and oxygen atoms in total. The van der Waals surface area contributed by atoms with Crippen LogP contribution in [-0.4, -0.2) is 21.8 Å². The number of nitrogens with zero attached hydrogens (tertiary/aromatic N) is 1. The van der Waals surface area contributed by atoms with E-state index in [9.17, 15) is 19.7 Å². The average molecular weight is 292 g/mol. The number of rotatable bonds is 8. The number of carbonyl (C=O) groups excluding carboxylic acids is 2. The lowest BCUT2D eigenvalue weighted by molar-refractivity contribution is -0.384. The first-order chi connectivity index (χ1) is 10.0. The second kappa shape index (κ2) is 8.60. The number of hydrogen-bond donors (Lipinski definition) is 2. The summed E-state index contributed by atoms with van der Waals surface area (Å²) in [5.74, 6) is -0.554. The third-order valence-corrected chi connectivity index (χ3v) is 2.77. The lowest BCUT2D eigenvalue weighted by Crippen LogP contribution is -2.17. The van der Waals surface area contributed by atoms with Crippen LogP contribution in [0.1, 0.15) is 31.2 Å². The molecule has 0 saturated heterocycles. The summed E-state index contributed by atoms with van der Waals surface area (Å²) >= 11 is 0. The number of amides is 1. The second-order valence-electron chi connectivity index (χ2n) is 4.39. The highest BCUT2D eigenvalue weighted by Crippen LogP contribution is 2.13. The summed E-state index contributed by atoms with van der Waals surface area (Å²) < 4.78 is 0. The Morgan fingerprint density at radius 2 is 1.81 bits per heavy atom. The van der Waals surface area contributed by atoms with Gasteiger partial charge in [0.15, 0.2) is 5.78 Å². The number of carbonyl (C=O) groups is 2. The number of ketones is 1. The van der Waals surface area contributed by atoms with Gasteiger partial charge in [-0.3, -0.25) is 24.9 Å². The van der Waals surface area contributed by atoms with Gasteiger partial charge in [0.05, 0.1) is 4.92 Å². The van der Waals surface area contributed by atoms with Gasteiger partial charge in [0.25, 0.3) is 5.69 Å². The van der Waals surface area contributed by atoms with Crippen molar-refractivity contribution in [1.29, 1.82) is 0 Å². The summed E-state index contributed by atoms with van der Waals surface area (Å²) in [5, 5.41) is 18.8. The molecule has 1 aromatic rings. The van der Waals surface area contributed by atoms with Gasteiger partial charge in [0, 0.05) is 25.0 Å². The van der Waals surface area contributed by atoms with Crippen LogP contribution in [0.5, 0.6) is 0 Å². The molecule has 0 aliphatic carbocycles. The van der Waals surface area contributed by atoms with Crippen LogP contribution in [0.25, 0.3) is 6.08 Å². The summed E-state index contributed by atoms with van der Waals surface area (Å²) in [4.78, 5) is 32.3. The number of nitro benzene ring substituents is 1. The van der Waals surface area contributed by atoms with Crippen molar-refractivity contribution in [1.82, 2.24) is 5.48 Å². The number of nitrogens with one attached hydrogen (secondary N) is 1. The van der Waals surface area contributed by atoms with Crippen LogP contribution in [-0.2, 0) is 9.59 Å². The van der Waals surface area contributed by atoms with Gasteiger partial charge in [-0.1, -0.05) is 6.08 Å². The molecule has 0 saturated carbocycles. The molecule has 0 aliphatic rings. The predicted molar refractivity (Wildman–Crippen MR) is 75.5 cm³/mol. The Morgan fingerprint density at radius 1 is 1.19 bits per heavy atom. The summed E-state index contributed by atoms with van der Waals surface area (Å²) in [5.41, 5.74) is 2.23. The minimum atomic E-state index is -0.485. The molecule has 0 bridgehead atoms. The molecule has 0 atom stereocenters. The quantitative estimate of drug-likeness (QED) is 0.251. The van der Waals surface area contributed by atoms with Crippen molar-refractivity contribution in [3.8, 4) is 0 Å². The third-order valence-electron chi connectivity index (χ3n) is 2.77. The summed E-state index contributed by atoms with van der Waals surface area (Å²) in [6.07, 6.45) is 4.55. The lowest BCUT2D eigenvalue weighted by atomic mass is 10.1. The molecule has 0 heterocycles. The SMILES string of the molecule is O=C(/C=C/c1ccc([N+](=O)[O-])cc1)CCCCC(=O)NO. The van der Waals surface area contributed by atoms with E-state index in [1.165, 1.54) is 23.7 Å². The third kappa shape index (κ3) is 6.44. The van der Waals surface area contributed by atoms with Crippen molar-refractivity contribution in [3.63, 3.8) is 0 Å². The molecule has 0 aromatic heterocycles. The standard InChI is InChI=1S/C14H16N2O5/c17-13(3-1-2-4-14(18)15-19)10-7-11-5-8-12(9-6-11)16(20)21/h5-10,19H,1-4H2,(H,15,18)/b10-7+. The lowest BCUT2D eigenvalue weighted by Gasteiger charge is -1.98. The monoisotopic (exact) mass is 292 g/mol. The molecule has 0 unspecified atom stereocenters. The molecule has 1 aromatic carbocycles. The van der Waals surface area contributed by atoms with Crippen molar-refractivity contribution < 1.29 is 19.7 Å². The Kier molecular flexibility index (Phi) is 6.76. The zero-order valence-electron chi connectivity index (χ0n) is 11.3. The summed E-state index contributed by atoms with van der Waals surface area (Å²) in [6, 6.07) is 5.87. The summed E-state index contributed by atoms with van der Waals surface area (Å²) in [6.45, 7) is 0. The second-order valence-corrected chi connectivity index (χ2v) is 4.39. The predicted octanol–water partition coefficient (Wildman–Crippen LogP) is 2.24. The maximum Gasteiger partial charge on any atom is 0.269 e. The fraction of sp³-hybridized carbons (Fsp3) is 0.286. The van der Waals surface area contributed by atoms with Gasteiger partial charge in [-0.05, 0) is 36.6 Å². The van der Waals surface area contributed by atoms with Crippen LogP contribution in [0, 0.1) is 10.1 Å². The van der Waals surface area contributed by atoms with E-state index in [-0.39, 0.29) is 17.9 Å². The normalized spacial score (nSPS) is 10.5. The van der Waals surface area contributed by atoms with E-state index in [2.05, 4.69) is 0 Å². The highest BCUT2D eigenvalue weighted by molar-refractivity contribution is 5.93. The minimum Gasteiger partial charge on any atom is -0.295 e. The Morgan fingerprint density at radius 3 is 2.38 bits per heavy atom. The molecule has 1 amide bonds. The number of hydroxylamine groups is 1. The van der Waals surface area contributed by atoms with Crippen LogP contribution < -0.4 is 5.48 Å². The molecule has 0 radical (unpaired) electrons. The van der Waals surface area contributed by atoms with E-state index in [0.717, 1.165) is 0 Å². The molecule has 0 spiro atoms. The van der Waals surface area contributed by atoms with Gasteiger partial charge in [0.2, 0.25) is 5.91 Å². The average Bonchev–Trinajstić information content (AvgIpc) is 2.49.